The van der Waals surface area contributed by atoms with Crippen molar-refractivity contribution in [1.29, 1.82) is 0 Å². The Kier molecular flexibility index (Phi) is 6.18. The molecule has 1 fully saturated rings. The molecule has 1 amide bonds. The predicted octanol–water partition coefficient (Wildman–Crippen LogP) is 4.79. The highest BCUT2D eigenvalue weighted by molar-refractivity contribution is 7.13. The van der Waals surface area contributed by atoms with Crippen LogP contribution in [0.2, 0.25) is 0 Å². The molecule has 0 bridgehead atoms. The number of amides is 1. The second-order valence-electron chi connectivity index (χ2n) is 7.35. The molecular weight excluding hydrogens is 474 g/mol. The van der Waals surface area contributed by atoms with Crippen molar-refractivity contribution < 1.29 is 35.7 Å². The molecule has 1 saturated heterocycles. The van der Waals surface area contributed by atoms with E-state index >= 15 is 0 Å². The third-order valence-corrected chi connectivity index (χ3v) is 5.93. The van der Waals surface area contributed by atoms with Gasteiger partial charge in [0.1, 0.15) is 0 Å². The molecule has 13 heteroatoms. The van der Waals surface area contributed by atoms with Crippen LogP contribution in [0.25, 0.3) is 10.7 Å². The Hall–Kier alpha value is -2.93. The maximum Gasteiger partial charge on any atom is 0.416 e. The largest absolute Gasteiger partial charge is 0.416 e. The van der Waals surface area contributed by atoms with Gasteiger partial charge < -0.3 is 9.42 Å². The zero-order chi connectivity index (χ0) is 23.8. The van der Waals surface area contributed by atoms with Gasteiger partial charge in [-0.15, -0.1) is 11.3 Å². The molecule has 1 aliphatic rings. The first-order chi connectivity index (χ1) is 15.5. The number of thiophene rings is 1. The normalized spacial score (nSPS) is 15.8. The summed E-state index contributed by atoms with van der Waals surface area (Å²) in [5.74, 6) is -0.0614. The number of halogens is 6. The zero-order valence-electron chi connectivity index (χ0n) is 16.8. The zero-order valence-corrected chi connectivity index (χ0v) is 17.6. The number of carbonyl (C=O) groups excluding carboxylic acids is 1. The summed E-state index contributed by atoms with van der Waals surface area (Å²) in [6, 6.07) is 4.61. The van der Waals surface area contributed by atoms with Crippen LogP contribution in [0.1, 0.15) is 27.4 Å². The van der Waals surface area contributed by atoms with Crippen molar-refractivity contribution >= 4 is 17.2 Å². The average Bonchev–Trinajstić information content (AvgIpc) is 3.44. The third-order valence-electron chi connectivity index (χ3n) is 5.06. The minimum absolute atomic E-state index is 0.00353. The number of aromatic nitrogens is 2. The summed E-state index contributed by atoms with van der Waals surface area (Å²) >= 11 is 1.46. The molecule has 0 radical (unpaired) electrons. The fourth-order valence-corrected chi connectivity index (χ4v) is 4.04. The van der Waals surface area contributed by atoms with Crippen molar-refractivity contribution in [2.75, 3.05) is 26.2 Å². The average molecular weight is 490 g/mol. The van der Waals surface area contributed by atoms with Crippen molar-refractivity contribution in [1.82, 2.24) is 19.9 Å². The molecule has 3 aromatic rings. The van der Waals surface area contributed by atoms with E-state index in [0.717, 1.165) is 4.88 Å². The molecule has 4 rings (SSSR count). The predicted molar refractivity (Wildman–Crippen MR) is 105 cm³/mol. The first kappa shape index (κ1) is 23.2. The molecule has 1 aromatic carbocycles. The number of nitrogens with zero attached hydrogens (tertiary/aromatic N) is 4. The van der Waals surface area contributed by atoms with E-state index in [9.17, 15) is 31.1 Å². The summed E-state index contributed by atoms with van der Waals surface area (Å²) < 4.78 is 83.7. The van der Waals surface area contributed by atoms with Gasteiger partial charge in [0.25, 0.3) is 5.91 Å². The lowest BCUT2D eigenvalue weighted by atomic mass is 10.0. The maximum absolute atomic E-state index is 13.1. The van der Waals surface area contributed by atoms with Crippen LogP contribution in [-0.4, -0.2) is 52.0 Å². The van der Waals surface area contributed by atoms with Gasteiger partial charge in [0, 0.05) is 31.7 Å². The van der Waals surface area contributed by atoms with Crippen LogP contribution in [0.15, 0.2) is 40.2 Å². The Labute approximate surface area is 187 Å². The van der Waals surface area contributed by atoms with Crippen LogP contribution in [0.3, 0.4) is 0 Å². The number of rotatable bonds is 4. The summed E-state index contributed by atoms with van der Waals surface area (Å²) in [7, 11) is 0. The number of benzene rings is 1. The SMILES string of the molecule is O=C(c1cc(C(F)(F)F)cc(C(F)(F)F)c1)N1CCN(Cc2nc(-c3cccs3)no2)CC1. The van der Waals surface area contributed by atoms with Crippen LogP contribution < -0.4 is 0 Å². The number of carbonyl (C=O) groups is 1. The van der Waals surface area contributed by atoms with Gasteiger partial charge in [0.05, 0.1) is 22.5 Å². The van der Waals surface area contributed by atoms with E-state index in [1.54, 1.807) is 0 Å². The Bertz CT molecular complexity index is 1090. The number of hydrogen-bond donors (Lipinski definition) is 0. The molecule has 0 unspecified atom stereocenters. The second-order valence-corrected chi connectivity index (χ2v) is 8.30. The van der Waals surface area contributed by atoms with Gasteiger partial charge in [0.15, 0.2) is 0 Å². The second kappa shape index (κ2) is 8.78. The van der Waals surface area contributed by atoms with E-state index in [0.29, 0.717) is 43.5 Å². The molecule has 2 aromatic heterocycles. The number of piperazine rings is 1. The standard InChI is InChI=1S/C20H16F6N4O2S/c21-19(22,23)13-8-12(9-14(10-13)20(24,25)26)18(31)30-5-3-29(4-6-30)11-16-27-17(28-32-16)15-2-1-7-33-15/h1-2,7-10H,3-6,11H2. The molecule has 1 aliphatic heterocycles. The van der Waals surface area contributed by atoms with E-state index in [-0.39, 0.29) is 19.2 Å². The monoisotopic (exact) mass is 490 g/mol. The van der Waals surface area contributed by atoms with Crippen molar-refractivity contribution in [3.8, 4) is 10.7 Å². The van der Waals surface area contributed by atoms with Gasteiger partial charge in [-0.25, -0.2) is 0 Å². The molecule has 0 saturated carbocycles. The molecule has 0 atom stereocenters. The van der Waals surface area contributed by atoms with Gasteiger partial charge in [-0.3, -0.25) is 9.69 Å². The highest BCUT2D eigenvalue weighted by Crippen LogP contribution is 2.36. The van der Waals surface area contributed by atoms with Gasteiger partial charge >= 0.3 is 12.4 Å². The Morgan fingerprint density at radius 3 is 2.18 bits per heavy atom. The fourth-order valence-electron chi connectivity index (χ4n) is 3.39. The quantitative estimate of drug-likeness (QED) is 0.492. The smallest absolute Gasteiger partial charge is 0.338 e. The molecule has 3 heterocycles. The van der Waals surface area contributed by atoms with Crippen molar-refractivity contribution in [3.63, 3.8) is 0 Å². The lowest BCUT2D eigenvalue weighted by Crippen LogP contribution is -2.48. The highest BCUT2D eigenvalue weighted by Gasteiger charge is 2.38. The first-order valence-electron chi connectivity index (χ1n) is 9.68. The van der Waals surface area contributed by atoms with E-state index < -0.39 is 35.0 Å². The first-order valence-corrected chi connectivity index (χ1v) is 10.6. The van der Waals surface area contributed by atoms with E-state index in [1.807, 2.05) is 22.4 Å². The lowest BCUT2D eigenvalue weighted by molar-refractivity contribution is -0.143. The van der Waals surface area contributed by atoms with Gasteiger partial charge in [-0.05, 0) is 29.6 Å². The van der Waals surface area contributed by atoms with Gasteiger partial charge in [-0.1, -0.05) is 11.2 Å². The third kappa shape index (κ3) is 5.36. The maximum atomic E-state index is 13.1. The van der Waals surface area contributed by atoms with Crippen LogP contribution in [0.4, 0.5) is 26.3 Å². The Balaban J connectivity index is 1.42. The van der Waals surface area contributed by atoms with Crippen LogP contribution in [-0.2, 0) is 18.9 Å². The minimum atomic E-state index is -5.01. The molecule has 176 valence electrons. The van der Waals surface area contributed by atoms with E-state index in [1.165, 1.54) is 16.2 Å². The summed E-state index contributed by atoms with van der Waals surface area (Å²) in [6.45, 7) is 1.24. The van der Waals surface area contributed by atoms with Crippen molar-refractivity contribution in [2.24, 2.45) is 0 Å². The Morgan fingerprint density at radius 2 is 1.64 bits per heavy atom. The molecule has 0 aliphatic carbocycles. The molecule has 0 spiro atoms. The highest BCUT2D eigenvalue weighted by atomic mass is 32.1. The number of alkyl halides is 6. The minimum Gasteiger partial charge on any atom is -0.338 e. The summed E-state index contributed by atoms with van der Waals surface area (Å²) in [6.07, 6.45) is -10.0. The van der Waals surface area contributed by atoms with Crippen molar-refractivity contribution in [2.45, 2.75) is 18.9 Å². The molecular formula is C20H16F6N4O2S. The summed E-state index contributed by atoms with van der Waals surface area (Å²) in [4.78, 5) is 21.0. The van der Waals surface area contributed by atoms with Crippen LogP contribution in [0, 0.1) is 0 Å². The number of hydrogen-bond acceptors (Lipinski definition) is 6. The van der Waals surface area contributed by atoms with Crippen LogP contribution >= 0.6 is 11.3 Å². The molecule has 0 N–H and O–H groups in total. The molecule has 6 nitrogen and oxygen atoms in total. The van der Waals surface area contributed by atoms with Crippen molar-refractivity contribution in [3.05, 3.63) is 58.3 Å². The summed E-state index contributed by atoms with van der Waals surface area (Å²) in [5, 5.41) is 5.79. The van der Waals surface area contributed by atoms with Gasteiger partial charge in [-0.2, -0.15) is 31.3 Å². The lowest BCUT2D eigenvalue weighted by Gasteiger charge is -2.34. The van der Waals surface area contributed by atoms with E-state index in [4.69, 9.17) is 4.52 Å². The van der Waals surface area contributed by atoms with Crippen LogP contribution in [0.5, 0.6) is 0 Å². The molecule has 33 heavy (non-hydrogen) atoms. The fraction of sp³-hybridized carbons (Fsp3) is 0.350. The van der Waals surface area contributed by atoms with Gasteiger partial charge in [0.2, 0.25) is 11.7 Å². The summed E-state index contributed by atoms with van der Waals surface area (Å²) in [5.41, 5.74) is -3.68. The topological polar surface area (TPSA) is 62.5 Å². The Morgan fingerprint density at radius 1 is 1.00 bits per heavy atom. The van der Waals surface area contributed by atoms with E-state index in [2.05, 4.69) is 10.1 Å².